The van der Waals surface area contributed by atoms with E-state index >= 15 is 0 Å². The minimum atomic E-state index is -0.239. The molecule has 0 radical (unpaired) electrons. The van der Waals surface area contributed by atoms with Crippen LogP contribution in [0, 0.1) is 5.92 Å². The van der Waals surface area contributed by atoms with E-state index in [2.05, 4.69) is 6.92 Å². The first kappa shape index (κ1) is 16.3. The van der Waals surface area contributed by atoms with E-state index in [0.29, 0.717) is 13.0 Å². The molecular weight excluding hydrogens is 280 g/mol. The summed E-state index contributed by atoms with van der Waals surface area (Å²) in [7, 11) is 3.43. The first-order valence-electron chi connectivity index (χ1n) is 7.76. The standard InChI is InChI=1S/C17H24N2O3/c1-4-5-10-18(2)17(21)13-11-16(20)19(12-13)14-6-8-15(22-3)9-7-14/h6-9,13H,4-5,10-12H2,1-3H3. The molecule has 0 N–H and O–H groups in total. The normalized spacial score (nSPS) is 17.7. The maximum Gasteiger partial charge on any atom is 0.227 e. The van der Waals surface area contributed by atoms with Gasteiger partial charge in [-0.15, -0.1) is 0 Å². The van der Waals surface area contributed by atoms with Gasteiger partial charge in [0.05, 0.1) is 13.0 Å². The number of amides is 2. The second-order valence-electron chi connectivity index (χ2n) is 5.72. The van der Waals surface area contributed by atoms with Crippen molar-refractivity contribution < 1.29 is 14.3 Å². The van der Waals surface area contributed by atoms with E-state index in [0.717, 1.165) is 30.8 Å². The molecule has 1 aliphatic heterocycles. The zero-order valence-corrected chi connectivity index (χ0v) is 13.5. The largest absolute Gasteiger partial charge is 0.497 e. The lowest BCUT2D eigenvalue weighted by molar-refractivity contribution is -0.134. The Hall–Kier alpha value is -2.04. The SMILES string of the molecule is CCCCN(C)C(=O)C1CC(=O)N(c2ccc(OC)cc2)C1. The molecule has 1 unspecified atom stereocenters. The molecular formula is C17H24N2O3. The second-order valence-corrected chi connectivity index (χ2v) is 5.72. The third kappa shape index (κ3) is 3.59. The highest BCUT2D eigenvalue weighted by molar-refractivity contribution is 6.00. The van der Waals surface area contributed by atoms with Crippen molar-refractivity contribution in [2.75, 3.05) is 32.1 Å². The van der Waals surface area contributed by atoms with Crippen LogP contribution in [-0.2, 0) is 9.59 Å². The minimum Gasteiger partial charge on any atom is -0.497 e. The van der Waals surface area contributed by atoms with Crippen LogP contribution < -0.4 is 9.64 Å². The monoisotopic (exact) mass is 304 g/mol. The number of nitrogens with zero attached hydrogens (tertiary/aromatic N) is 2. The Bertz CT molecular complexity index is 527. The number of benzene rings is 1. The lowest BCUT2D eigenvalue weighted by Crippen LogP contribution is -2.35. The Labute approximate surface area is 131 Å². The van der Waals surface area contributed by atoms with Crippen LogP contribution in [0.4, 0.5) is 5.69 Å². The molecule has 0 saturated carbocycles. The molecule has 0 bridgehead atoms. The number of carbonyl (C=O) groups is 2. The highest BCUT2D eigenvalue weighted by Gasteiger charge is 2.36. The summed E-state index contributed by atoms with van der Waals surface area (Å²) in [4.78, 5) is 28.0. The average Bonchev–Trinajstić information content (AvgIpc) is 2.93. The second kappa shape index (κ2) is 7.29. The van der Waals surface area contributed by atoms with E-state index in [-0.39, 0.29) is 17.7 Å². The van der Waals surface area contributed by atoms with Crippen molar-refractivity contribution in [2.24, 2.45) is 5.92 Å². The molecule has 1 aliphatic rings. The Morgan fingerprint density at radius 1 is 1.36 bits per heavy atom. The molecule has 5 heteroatoms. The van der Waals surface area contributed by atoms with Gasteiger partial charge in [0, 0.05) is 32.2 Å². The van der Waals surface area contributed by atoms with Gasteiger partial charge in [0.2, 0.25) is 11.8 Å². The zero-order chi connectivity index (χ0) is 16.1. The molecule has 0 spiro atoms. The van der Waals surface area contributed by atoms with Crippen molar-refractivity contribution >= 4 is 17.5 Å². The molecule has 1 heterocycles. The van der Waals surface area contributed by atoms with Gasteiger partial charge in [-0.3, -0.25) is 9.59 Å². The number of anilines is 1. The summed E-state index contributed by atoms with van der Waals surface area (Å²) in [6.07, 6.45) is 2.34. The van der Waals surface area contributed by atoms with E-state index in [1.165, 1.54) is 0 Å². The third-order valence-corrected chi connectivity index (χ3v) is 4.08. The predicted molar refractivity (Wildman–Crippen MR) is 86.0 cm³/mol. The lowest BCUT2D eigenvalue weighted by Gasteiger charge is -2.21. The van der Waals surface area contributed by atoms with Gasteiger partial charge in [0.25, 0.3) is 0 Å². The van der Waals surface area contributed by atoms with Crippen molar-refractivity contribution in [1.29, 1.82) is 0 Å². The smallest absolute Gasteiger partial charge is 0.227 e. The van der Waals surface area contributed by atoms with Crippen molar-refractivity contribution in [3.8, 4) is 5.75 Å². The average molecular weight is 304 g/mol. The van der Waals surface area contributed by atoms with Crippen LogP contribution in [-0.4, -0.2) is 44.0 Å². The fourth-order valence-corrected chi connectivity index (χ4v) is 2.70. The molecule has 5 nitrogen and oxygen atoms in total. The molecule has 2 rings (SSSR count). The topological polar surface area (TPSA) is 49.9 Å². The van der Waals surface area contributed by atoms with Crippen molar-refractivity contribution in [3.05, 3.63) is 24.3 Å². The summed E-state index contributed by atoms with van der Waals surface area (Å²) in [5.74, 6) is 0.587. The number of hydrogen-bond acceptors (Lipinski definition) is 3. The molecule has 120 valence electrons. The Balaban J connectivity index is 2.02. The number of carbonyl (C=O) groups excluding carboxylic acids is 2. The van der Waals surface area contributed by atoms with E-state index in [1.807, 2.05) is 31.3 Å². The molecule has 0 aromatic heterocycles. The summed E-state index contributed by atoms with van der Waals surface area (Å²) in [5, 5.41) is 0. The number of unbranched alkanes of at least 4 members (excludes halogenated alkanes) is 1. The van der Waals surface area contributed by atoms with Gasteiger partial charge in [-0.05, 0) is 30.7 Å². The zero-order valence-electron chi connectivity index (χ0n) is 13.5. The van der Waals surface area contributed by atoms with Crippen LogP contribution in [0.3, 0.4) is 0 Å². The third-order valence-electron chi connectivity index (χ3n) is 4.08. The van der Waals surface area contributed by atoms with Crippen LogP contribution in [0.5, 0.6) is 5.75 Å². The Morgan fingerprint density at radius 2 is 2.05 bits per heavy atom. The number of methoxy groups -OCH3 is 1. The fraction of sp³-hybridized carbons (Fsp3) is 0.529. The van der Waals surface area contributed by atoms with Gasteiger partial charge >= 0.3 is 0 Å². The Morgan fingerprint density at radius 3 is 2.64 bits per heavy atom. The van der Waals surface area contributed by atoms with E-state index in [1.54, 1.807) is 16.9 Å². The molecule has 1 saturated heterocycles. The molecule has 1 aromatic carbocycles. The van der Waals surface area contributed by atoms with Gasteiger partial charge in [-0.25, -0.2) is 0 Å². The summed E-state index contributed by atoms with van der Waals surface area (Å²) >= 11 is 0. The highest BCUT2D eigenvalue weighted by Crippen LogP contribution is 2.27. The van der Waals surface area contributed by atoms with Crippen LogP contribution >= 0.6 is 0 Å². The maximum absolute atomic E-state index is 12.4. The summed E-state index contributed by atoms with van der Waals surface area (Å²) in [6.45, 7) is 3.31. The summed E-state index contributed by atoms with van der Waals surface area (Å²) < 4.78 is 5.12. The van der Waals surface area contributed by atoms with Crippen LogP contribution in [0.15, 0.2) is 24.3 Å². The molecule has 1 atom stereocenters. The van der Waals surface area contributed by atoms with E-state index in [9.17, 15) is 9.59 Å². The van der Waals surface area contributed by atoms with Gasteiger partial charge in [0.1, 0.15) is 5.75 Å². The predicted octanol–water partition coefficient (Wildman–Crippen LogP) is 2.31. The van der Waals surface area contributed by atoms with E-state index in [4.69, 9.17) is 4.74 Å². The van der Waals surface area contributed by atoms with Gasteiger partial charge in [-0.1, -0.05) is 13.3 Å². The van der Waals surface area contributed by atoms with Gasteiger partial charge < -0.3 is 14.5 Å². The van der Waals surface area contributed by atoms with Crippen LogP contribution in [0.2, 0.25) is 0 Å². The summed E-state index contributed by atoms with van der Waals surface area (Å²) in [6, 6.07) is 7.35. The molecule has 0 aliphatic carbocycles. The summed E-state index contributed by atoms with van der Waals surface area (Å²) in [5.41, 5.74) is 0.817. The molecule has 2 amide bonds. The van der Waals surface area contributed by atoms with Crippen LogP contribution in [0.25, 0.3) is 0 Å². The molecule has 22 heavy (non-hydrogen) atoms. The van der Waals surface area contributed by atoms with Crippen LogP contribution in [0.1, 0.15) is 26.2 Å². The fourth-order valence-electron chi connectivity index (χ4n) is 2.70. The van der Waals surface area contributed by atoms with Crippen molar-refractivity contribution in [1.82, 2.24) is 4.90 Å². The first-order chi connectivity index (χ1) is 10.6. The minimum absolute atomic E-state index is 0.00686. The Kier molecular flexibility index (Phi) is 5.41. The van der Waals surface area contributed by atoms with Gasteiger partial charge in [0.15, 0.2) is 0 Å². The van der Waals surface area contributed by atoms with Gasteiger partial charge in [-0.2, -0.15) is 0 Å². The van der Waals surface area contributed by atoms with Crippen molar-refractivity contribution in [2.45, 2.75) is 26.2 Å². The van der Waals surface area contributed by atoms with Crippen molar-refractivity contribution in [3.63, 3.8) is 0 Å². The number of rotatable bonds is 6. The van der Waals surface area contributed by atoms with E-state index < -0.39 is 0 Å². The number of hydrogen-bond donors (Lipinski definition) is 0. The quantitative estimate of drug-likeness (QED) is 0.810. The maximum atomic E-state index is 12.4. The molecule has 1 fully saturated rings. The first-order valence-corrected chi connectivity index (χ1v) is 7.76. The lowest BCUT2D eigenvalue weighted by atomic mass is 10.1. The molecule has 1 aromatic rings. The highest BCUT2D eigenvalue weighted by atomic mass is 16.5. The number of ether oxygens (including phenoxy) is 1.